The molecular formula is C13H17N5OS. The smallest absolute Gasteiger partial charge is 0.247 e. The van der Waals surface area contributed by atoms with E-state index in [1.54, 1.807) is 22.3 Å². The van der Waals surface area contributed by atoms with Crippen LogP contribution in [0.4, 0.5) is 0 Å². The summed E-state index contributed by atoms with van der Waals surface area (Å²) in [6, 6.07) is -0.299. The van der Waals surface area contributed by atoms with E-state index in [-0.39, 0.29) is 11.9 Å². The Labute approximate surface area is 121 Å². The molecule has 1 aliphatic heterocycles. The predicted octanol–water partition coefficient (Wildman–Crippen LogP) is 1.70. The fourth-order valence-corrected chi connectivity index (χ4v) is 3.38. The molecule has 0 aliphatic carbocycles. The summed E-state index contributed by atoms with van der Waals surface area (Å²) in [4.78, 5) is 22.7. The highest BCUT2D eigenvalue weighted by atomic mass is 32.1. The number of hydrogen-bond acceptors (Lipinski definition) is 5. The van der Waals surface area contributed by atoms with Crippen molar-refractivity contribution in [3.05, 3.63) is 29.2 Å². The van der Waals surface area contributed by atoms with Gasteiger partial charge in [0.2, 0.25) is 5.91 Å². The van der Waals surface area contributed by atoms with Gasteiger partial charge in [-0.3, -0.25) is 4.79 Å². The molecule has 106 valence electrons. The molecular weight excluding hydrogens is 274 g/mol. The minimum atomic E-state index is -0.299. The average molecular weight is 291 g/mol. The molecule has 0 N–H and O–H groups in total. The summed E-state index contributed by atoms with van der Waals surface area (Å²) in [7, 11) is 0. The molecule has 2 atom stereocenters. The van der Waals surface area contributed by atoms with Crippen molar-refractivity contribution < 1.29 is 4.79 Å². The quantitative estimate of drug-likeness (QED) is 0.863. The second-order valence-corrected chi connectivity index (χ2v) is 5.97. The van der Waals surface area contributed by atoms with Crippen LogP contribution in [0.2, 0.25) is 0 Å². The van der Waals surface area contributed by atoms with E-state index < -0.39 is 0 Å². The first-order chi connectivity index (χ1) is 9.75. The van der Waals surface area contributed by atoms with E-state index in [1.807, 2.05) is 23.4 Å². The zero-order valence-electron chi connectivity index (χ0n) is 11.3. The number of piperidine rings is 1. The highest BCUT2D eigenvalue weighted by Gasteiger charge is 2.29. The van der Waals surface area contributed by atoms with E-state index in [0.717, 1.165) is 30.9 Å². The molecule has 3 heterocycles. The molecule has 2 unspecified atom stereocenters. The summed E-state index contributed by atoms with van der Waals surface area (Å²) in [5.41, 5.74) is 0. The van der Waals surface area contributed by atoms with Crippen molar-refractivity contribution in [1.29, 1.82) is 0 Å². The third-order valence-corrected chi connectivity index (χ3v) is 4.66. The van der Waals surface area contributed by atoms with Crippen LogP contribution < -0.4 is 0 Å². The van der Waals surface area contributed by atoms with Gasteiger partial charge in [-0.15, -0.1) is 11.3 Å². The molecule has 3 rings (SSSR count). The lowest BCUT2D eigenvalue weighted by Gasteiger charge is -2.33. The van der Waals surface area contributed by atoms with Gasteiger partial charge >= 0.3 is 0 Å². The molecule has 2 aromatic rings. The predicted molar refractivity (Wildman–Crippen MR) is 75.4 cm³/mol. The van der Waals surface area contributed by atoms with Gasteiger partial charge in [0.15, 0.2) is 0 Å². The maximum atomic E-state index is 12.5. The molecule has 0 bridgehead atoms. The zero-order valence-corrected chi connectivity index (χ0v) is 12.2. The van der Waals surface area contributed by atoms with E-state index in [2.05, 4.69) is 15.1 Å². The van der Waals surface area contributed by atoms with Gasteiger partial charge in [-0.1, -0.05) is 0 Å². The number of thiazole rings is 1. The van der Waals surface area contributed by atoms with Gasteiger partial charge < -0.3 is 4.90 Å². The SMILES string of the molecule is CC(C(=O)N1CCCC(c2nccs2)C1)n1cncn1. The van der Waals surface area contributed by atoms with Crippen molar-refractivity contribution in [2.45, 2.75) is 31.7 Å². The first kappa shape index (κ1) is 13.2. The largest absolute Gasteiger partial charge is 0.340 e. The number of nitrogens with zero attached hydrogens (tertiary/aromatic N) is 5. The van der Waals surface area contributed by atoms with Gasteiger partial charge in [0.25, 0.3) is 0 Å². The molecule has 6 nitrogen and oxygen atoms in total. The first-order valence-corrected chi connectivity index (χ1v) is 7.66. The minimum absolute atomic E-state index is 0.108. The number of rotatable bonds is 3. The molecule has 20 heavy (non-hydrogen) atoms. The molecule has 2 aromatic heterocycles. The van der Waals surface area contributed by atoms with Crippen LogP contribution in [0.3, 0.4) is 0 Å². The van der Waals surface area contributed by atoms with Crippen LogP contribution >= 0.6 is 11.3 Å². The Morgan fingerprint density at radius 1 is 1.55 bits per heavy atom. The van der Waals surface area contributed by atoms with Crippen LogP contribution in [0.15, 0.2) is 24.2 Å². The summed E-state index contributed by atoms with van der Waals surface area (Å²) < 4.78 is 1.61. The highest BCUT2D eigenvalue weighted by molar-refractivity contribution is 7.09. The topological polar surface area (TPSA) is 63.9 Å². The second-order valence-electron chi connectivity index (χ2n) is 5.05. The summed E-state index contributed by atoms with van der Waals surface area (Å²) >= 11 is 1.67. The Hall–Kier alpha value is -1.76. The van der Waals surface area contributed by atoms with Crippen LogP contribution in [-0.2, 0) is 4.79 Å². The van der Waals surface area contributed by atoms with Gasteiger partial charge in [-0.25, -0.2) is 14.6 Å². The Morgan fingerprint density at radius 3 is 3.15 bits per heavy atom. The third kappa shape index (κ3) is 2.58. The van der Waals surface area contributed by atoms with Crippen LogP contribution in [0.25, 0.3) is 0 Å². The van der Waals surface area contributed by atoms with Crippen molar-refractivity contribution in [2.75, 3.05) is 13.1 Å². The molecule has 0 saturated carbocycles. The normalized spacial score (nSPS) is 20.9. The van der Waals surface area contributed by atoms with E-state index in [4.69, 9.17) is 0 Å². The van der Waals surface area contributed by atoms with Gasteiger partial charge in [0, 0.05) is 30.6 Å². The maximum Gasteiger partial charge on any atom is 0.247 e. The fourth-order valence-electron chi connectivity index (χ4n) is 2.61. The van der Waals surface area contributed by atoms with Gasteiger partial charge in [0.1, 0.15) is 18.7 Å². The number of amides is 1. The first-order valence-electron chi connectivity index (χ1n) is 6.78. The van der Waals surface area contributed by atoms with Crippen molar-refractivity contribution in [3.63, 3.8) is 0 Å². The standard InChI is InChI=1S/C13H17N5OS/c1-10(18-9-14-8-16-18)13(19)17-5-2-3-11(7-17)12-15-4-6-20-12/h4,6,8-11H,2-3,5,7H2,1H3. The third-order valence-electron chi connectivity index (χ3n) is 3.72. The van der Waals surface area contributed by atoms with Crippen LogP contribution in [0.1, 0.15) is 36.7 Å². The molecule has 1 aliphatic rings. The zero-order chi connectivity index (χ0) is 13.9. The molecule has 1 amide bonds. The van der Waals surface area contributed by atoms with E-state index in [0.29, 0.717) is 5.92 Å². The number of aromatic nitrogens is 4. The molecule has 0 spiro atoms. The Kier molecular flexibility index (Phi) is 3.77. The highest BCUT2D eigenvalue weighted by Crippen LogP contribution is 2.29. The van der Waals surface area contributed by atoms with Crippen molar-refractivity contribution in [2.24, 2.45) is 0 Å². The Balaban J connectivity index is 1.69. The lowest BCUT2D eigenvalue weighted by atomic mass is 9.98. The van der Waals surface area contributed by atoms with Crippen LogP contribution in [0, 0.1) is 0 Å². The number of hydrogen-bond donors (Lipinski definition) is 0. The summed E-state index contributed by atoms with van der Waals surface area (Å²) in [5.74, 6) is 0.479. The summed E-state index contributed by atoms with van der Waals surface area (Å²) in [5, 5.41) is 7.18. The van der Waals surface area contributed by atoms with E-state index in [1.165, 1.54) is 6.33 Å². The van der Waals surface area contributed by atoms with Gasteiger partial charge in [-0.2, -0.15) is 5.10 Å². The maximum absolute atomic E-state index is 12.5. The molecule has 1 fully saturated rings. The van der Waals surface area contributed by atoms with Gasteiger partial charge in [-0.05, 0) is 19.8 Å². The Morgan fingerprint density at radius 2 is 2.45 bits per heavy atom. The van der Waals surface area contributed by atoms with Crippen LogP contribution in [0.5, 0.6) is 0 Å². The number of likely N-dealkylation sites (tertiary alicyclic amines) is 1. The minimum Gasteiger partial charge on any atom is -0.340 e. The number of carbonyl (C=O) groups excluding carboxylic acids is 1. The van der Waals surface area contributed by atoms with Gasteiger partial charge in [0.05, 0.1) is 5.01 Å². The fraction of sp³-hybridized carbons (Fsp3) is 0.538. The molecule has 1 saturated heterocycles. The summed E-state index contributed by atoms with van der Waals surface area (Å²) in [6.07, 6.45) is 7.01. The molecule has 0 radical (unpaired) electrons. The lowest BCUT2D eigenvalue weighted by molar-refractivity contribution is -0.135. The number of carbonyl (C=O) groups is 1. The molecule has 7 heteroatoms. The van der Waals surface area contributed by atoms with E-state index in [9.17, 15) is 4.79 Å². The van der Waals surface area contributed by atoms with Crippen molar-refractivity contribution in [1.82, 2.24) is 24.6 Å². The second kappa shape index (κ2) is 5.70. The van der Waals surface area contributed by atoms with E-state index >= 15 is 0 Å². The monoisotopic (exact) mass is 291 g/mol. The lowest BCUT2D eigenvalue weighted by Crippen LogP contribution is -2.42. The Bertz CT molecular complexity index is 553. The van der Waals surface area contributed by atoms with Crippen molar-refractivity contribution in [3.8, 4) is 0 Å². The average Bonchev–Trinajstić information content (AvgIpc) is 3.18. The summed E-state index contributed by atoms with van der Waals surface area (Å²) in [6.45, 7) is 3.44. The van der Waals surface area contributed by atoms with Crippen molar-refractivity contribution >= 4 is 17.2 Å². The van der Waals surface area contributed by atoms with Crippen LogP contribution in [-0.4, -0.2) is 43.6 Å². The molecule has 0 aromatic carbocycles.